The van der Waals surface area contributed by atoms with Gasteiger partial charge in [0.2, 0.25) is 11.8 Å². The lowest BCUT2D eigenvalue weighted by Gasteiger charge is -2.36. The monoisotopic (exact) mass is 318 g/mol. The van der Waals surface area contributed by atoms with Crippen molar-refractivity contribution in [3.63, 3.8) is 0 Å². The molecule has 2 amide bonds. The van der Waals surface area contributed by atoms with Crippen LogP contribution in [0.15, 0.2) is 24.8 Å². The molecule has 23 heavy (non-hydrogen) atoms. The summed E-state index contributed by atoms with van der Waals surface area (Å²) in [7, 11) is 1.55. The van der Waals surface area contributed by atoms with E-state index in [4.69, 9.17) is 10.5 Å². The Morgan fingerprint density at radius 3 is 2.48 bits per heavy atom. The van der Waals surface area contributed by atoms with Crippen LogP contribution in [0.4, 0.5) is 17.1 Å². The van der Waals surface area contributed by atoms with Crippen LogP contribution in [0.3, 0.4) is 0 Å². The number of hydrogen-bond donors (Lipinski definition) is 2. The first kappa shape index (κ1) is 16.7. The van der Waals surface area contributed by atoms with Gasteiger partial charge in [-0.05, 0) is 12.1 Å². The maximum atomic E-state index is 11.7. The lowest BCUT2D eigenvalue weighted by Crippen LogP contribution is -2.48. The van der Waals surface area contributed by atoms with E-state index in [2.05, 4.69) is 16.8 Å². The van der Waals surface area contributed by atoms with Crippen molar-refractivity contribution < 1.29 is 14.3 Å². The van der Waals surface area contributed by atoms with Gasteiger partial charge in [0, 0.05) is 39.2 Å². The Morgan fingerprint density at radius 2 is 1.96 bits per heavy atom. The lowest BCUT2D eigenvalue weighted by molar-refractivity contribution is -0.129. The number of hydrogen-bond acceptors (Lipinski definition) is 5. The molecule has 1 aliphatic heterocycles. The number of amides is 2. The Labute approximate surface area is 135 Å². The molecule has 0 saturated carbocycles. The van der Waals surface area contributed by atoms with E-state index in [-0.39, 0.29) is 11.8 Å². The molecular weight excluding hydrogens is 296 g/mol. The second-order valence-electron chi connectivity index (χ2n) is 5.30. The number of nitrogens with one attached hydrogen (secondary N) is 1. The Kier molecular flexibility index (Phi) is 5.10. The number of anilines is 3. The van der Waals surface area contributed by atoms with Crippen molar-refractivity contribution in [2.24, 2.45) is 0 Å². The van der Waals surface area contributed by atoms with Gasteiger partial charge in [0.1, 0.15) is 5.75 Å². The normalized spacial score (nSPS) is 14.3. The first-order valence-corrected chi connectivity index (χ1v) is 7.37. The largest absolute Gasteiger partial charge is 0.495 e. The molecule has 2 rings (SSSR count). The molecule has 0 spiro atoms. The number of piperazine rings is 1. The summed E-state index contributed by atoms with van der Waals surface area (Å²) in [6, 6.07) is 3.48. The van der Waals surface area contributed by atoms with E-state index < -0.39 is 0 Å². The molecule has 7 heteroatoms. The molecule has 0 aromatic heterocycles. The number of rotatable bonds is 4. The van der Waals surface area contributed by atoms with E-state index in [0.29, 0.717) is 43.3 Å². The van der Waals surface area contributed by atoms with Gasteiger partial charge in [0.15, 0.2) is 0 Å². The van der Waals surface area contributed by atoms with E-state index in [1.54, 1.807) is 31.1 Å². The van der Waals surface area contributed by atoms with Gasteiger partial charge in [-0.25, -0.2) is 0 Å². The zero-order valence-electron chi connectivity index (χ0n) is 13.5. The number of carbonyl (C=O) groups excluding carboxylic acids is 2. The highest BCUT2D eigenvalue weighted by molar-refractivity contribution is 6.02. The number of nitrogens with two attached hydrogens (primary N) is 1. The first-order chi connectivity index (χ1) is 11.0. The molecule has 0 aliphatic carbocycles. The minimum absolute atomic E-state index is 0.0692. The minimum Gasteiger partial charge on any atom is -0.495 e. The third kappa shape index (κ3) is 3.74. The number of carbonyl (C=O) groups is 2. The van der Waals surface area contributed by atoms with Gasteiger partial charge in [-0.2, -0.15) is 0 Å². The predicted octanol–water partition coefficient (Wildman–Crippen LogP) is 1.07. The highest BCUT2D eigenvalue weighted by Crippen LogP contribution is 2.36. The van der Waals surface area contributed by atoms with Crippen LogP contribution in [0.5, 0.6) is 5.75 Å². The van der Waals surface area contributed by atoms with Crippen molar-refractivity contribution in [3.05, 3.63) is 24.8 Å². The fourth-order valence-corrected chi connectivity index (χ4v) is 2.57. The molecule has 0 atom stereocenters. The van der Waals surface area contributed by atoms with E-state index in [1.165, 1.54) is 6.08 Å². The molecule has 1 aromatic rings. The van der Waals surface area contributed by atoms with Gasteiger partial charge >= 0.3 is 0 Å². The summed E-state index contributed by atoms with van der Waals surface area (Å²) >= 11 is 0. The van der Waals surface area contributed by atoms with Gasteiger partial charge in [-0.15, -0.1) is 0 Å². The number of nitrogens with zero attached hydrogens (tertiary/aromatic N) is 2. The highest BCUT2D eigenvalue weighted by atomic mass is 16.5. The van der Waals surface area contributed by atoms with Crippen molar-refractivity contribution in [1.82, 2.24) is 4.90 Å². The van der Waals surface area contributed by atoms with E-state index >= 15 is 0 Å². The zero-order chi connectivity index (χ0) is 17.0. The van der Waals surface area contributed by atoms with Gasteiger partial charge in [-0.3, -0.25) is 9.59 Å². The number of methoxy groups -OCH3 is 1. The maximum Gasteiger partial charge on any atom is 0.247 e. The van der Waals surface area contributed by atoms with Crippen molar-refractivity contribution in [1.29, 1.82) is 0 Å². The smallest absolute Gasteiger partial charge is 0.247 e. The summed E-state index contributed by atoms with van der Waals surface area (Å²) in [5, 5.41) is 2.77. The topological polar surface area (TPSA) is 87.9 Å². The molecule has 7 nitrogen and oxygen atoms in total. The molecule has 1 heterocycles. The van der Waals surface area contributed by atoms with Gasteiger partial charge in [0.25, 0.3) is 0 Å². The summed E-state index contributed by atoms with van der Waals surface area (Å²) in [6.07, 6.45) is 1.21. The summed E-state index contributed by atoms with van der Waals surface area (Å²) in [6.45, 7) is 7.64. The predicted molar refractivity (Wildman–Crippen MR) is 90.7 cm³/mol. The Hall–Kier alpha value is -2.70. The number of benzene rings is 1. The summed E-state index contributed by atoms with van der Waals surface area (Å²) < 4.78 is 5.27. The molecule has 1 aromatic carbocycles. The van der Waals surface area contributed by atoms with Crippen LogP contribution in [0.25, 0.3) is 0 Å². The fourth-order valence-electron chi connectivity index (χ4n) is 2.57. The summed E-state index contributed by atoms with van der Waals surface area (Å²) in [5.41, 5.74) is 7.79. The van der Waals surface area contributed by atoms with Crippen molar-refractivity contribution in [2.45, 2.75) is 6.92 Å². The van der Waals surface area contributed by atoms with Crippen LogP contribution in [0.1, 0.15) is 6.92 Å². The van der Waals surface area contributed by atoms with Crippen LogP contribution in [0.2, 0.25) is 0 Å². The average molecular weight is 318 g/mol. The fraction of sp³-hybridized carbons (Fsp3) is 0.375. The molecular formula is C16H22N4O3. The van der Waals surface area contributed by atoms with E-state index in [1.807, 2.05) is 0 Å². The van der Waals surface area contributed by atoms with Crippen molar-refractivity contribution in [2.75, 3.05) is 49.2 Å². The second kappa shape index (κ2) is 7.04. The highest BCUT2D eigenvalue weighted by Gasteiger charge is 2.22. The van der Waals surface area contributed by atoms with Crippen molar-refractivity contribution in [3.8, 4) is 5.75 Å². The SMILES string of the molecule is C=CC(=O)Nc1cc(N)c(OC)cc1N1CCN(C(C)=O)CC1. The summed E-state index contributed by atoms with van der Waals surface area (Å²) in [5.74, 6) is 0.309. The number of ether oxygens (including phenoxy) is 1. The van der Waals surface area contributed by atoms with E-state index in [0.717, 1.165) is 5.69 Å². The third-order valence-corrected chi connectivity index (χ3v) is 3.86. The van der Waals surface area contributed by atoms with Gasteiger partial charge in [0.05, 0.1) is 24.2 Å². The van der Waals surface area contributed by atoms with Gasteiger partial charge in [-0.1, -0.05) is 6.58 Å². The standard InChI is InChI=1S/C16H22N4O3/c1-4-16(22)18-13-9-12(17)15(23-3)10-14(13)20-7-5-19(6-8-20)11(2)21/h4,9-10H,1,5-8,17H2,2-3H3,(H,18,22). The van der Waals surface area contributed by atoms with Crippen LogP contribution < -0.4 is 20.7 Å². The Balaban J connectivity index is 2.30. The van der Waals surface area contributed by atoms with E-state index in [9.17, 15) is 9.59 Å². The zero-order valence-corrected chi connectivity index (χ0v) is 13.5. The molecule has 0 radical (unpaired) electrons. The molecule has 3 N–H and O–H groups in total. The molecule has 1 aliphatic rings. The van der Waals surface area contributed by atoms with Gasteiger partial charge < -0.3 is 25.6 Å². The van der Waals surface area contributed by atoms with Crippen LogP contribution in [-0.4, -0.2) is 50.0 Å². The number of nitrogen functional groups attached to an aromatic ring is 1. The minimum atomic E-state index is -0.307. The molecule has 1 saturated heterocycles. The second-order valence-corrected chi connectivity index (χ2v) is 5.30. The molecule has 0 bridgehead atoms. The van der Waals surface area contributed by atoms with Crippen LogP contribution >= 0.6 is 0 Å². The molecule has 124 valence electrons. The third-order valence-electron chi connectivity index (χ3n) is 3.86. The first-order valence-electron chi connectivity index (χ1n) is 7.37. The summed E-state index contributed by atoms with van der Waals surface area (Å²) in [4.78, 5) is 27.0. The average Bonchev–Trinajstić information content (AvgIpc) is 2.55. The maximum absolute atomic E-state index is 11.7. The Morgan fingerprint density at radius 1 is 1.30 bits per heavy atom. The quantitative estimate of drug-likeness (QED) is 0.640. The van der Waals surface area contributed by atoms with Crippen molar-refractivity contribution >= 4 is 28.9 Å². The Bertz CT molecular complexity index is 622. The molecule has 0 unspecified atom stereocenters. The van der Waals surface area contributed by atoms with Crippen LogP contribution in [-0.2, 0) is 9.59 Å². The molecule has 1 fully saturated rings. The van der Waals surface area contributed by atoms with Crippen LogP contribution in [0, 0.1) is 0 Å². The lowest BCUT2D eigenvalue weighted by atomic mass is 10.1.